The van der Waals surface area contributed by atoms with Gasteiger partial charge in [0.25, 0.3) is 0 Å². The van der Waals surface area contributed by atoms with Crippen LogP contribution in [0.3, 0.4) is 0 Å². The molecule has 1 fully saturated rings. The molecule has 0 saturated carbocycles. The first-order valence-electron chi connectivity index (χ1n) is 6.77. The SMILES string of the molecule is CCCCCCC(=O)OC[C@@]1(N=[N+]=[N-])OC[C@@H](O)[C@@H]1O. The molecule has 0 unspecified atom stereocenters. The van der Waals surface area contributed by atoms with Crippen LogP contribution in [0.25, 0.3) is 10.4 Å². The van der Waals surface area contributed by atoms with Crippen LogP contribution in [0.5, 0.6) is 0 Å². The van der Waals surface area contributed by atoms with Gasteiger partial charge in [0.15, 0.2) is 0 Å². The topological polar surface area (TPSA) is 125 Å². The Kier molecular flexibility index (Phi) is 6.74. The van der Waals surface area contributed by atoms with Gasteiger partial charge >= 0.3 is 5.97 Å². The van der Waals surface area contributed by atoms with Crippen molar-refractivity contribution in [3.05, 3.63) is 10.4 Å². The van der Waals surface area contributed by atoms with Gasteiger partial charge in [-0.15, -0.1) is 0 Å². The van der Waals surface area contributed by atoms with E-state index in [1.54, 1.807) is 0 Å². The first kappa shape index (κ1) is 16.7. The highest BCUT2D eigenvalue weighted by atomic mass is 16.6. The second kappa shape index (κ2) is 8.06. The van der Waals surface area contributed by atoms with Crippen molar-refractivity contribution in [2.75, 3.05) is 13.2 Å². The number of carbonyl (C=O) groups is 1. The average Bonchev–Trinajstić information content (AvgIpc) is 2.71. The Labute approximate surface area is 117 Å². The first-order chi connectivity index (χ1) is 9.55. The van der Waals surface area contributed by atoms with Gasteiger partial charge in [-0.05, 0) is 12.0 Å². The third-order valence-electron chi connectivity index (χ3n) is 3.22. The summed E-state index contributed by atoms with van der Waals surface area (Å²) in [6.07, 6.45) is 1.51. The number of ether oxygens (including phenoxy) is 2. The zero-order chi connectivity index (χ0) is 15.0. The number of nitrogens with zero attached hydrogens (tertiary/aromatic N) is 3. The molecule has 2 N–H and O–H groups in total. The first-order valence-corrected chi connectivity index (χ1v) is 6.77. The molecule has 1 aliphatic heterocycles. The maximum atomic E-state index is 11.5. The summed E-state index contributed by atoms with van der Waals surface area (Å²) in [4.78, 5) is 14.1. The number of rotatable bonds is 8. The van der Waals surface area contributed by atoms with Crippen molar-refractivity contribution in [1.82, 2.24) is 0 Å². The minimum absolute atomic E-state index is 0.172. The summed E-state index contributed by atoms with van der Waals surface area (Å²) >= 11 is 0. The van der Waals surface area contributed by atoms with Crippen LogP contribution in [0.15, 0.2) is 5.11 Å². The average molecular weight is 287 g/mol. The van der Waals surface area contributed by atoms with Gasteiger partial charge in [-0.25, -0.2) is 0 Å². The predicted octanol–water partition coefficient (Wildman–Crippen LogP) is 1.26. The summed E-state index contributed by atoms with van der Waals surface area (Å²) < 4.78 is 10.1. The molecule has 0 bridgehead atoms. The number of aliphatic hydroxyl groups excluding tert-OH is 2. The summed E-state index contributed by atoms with van der Waals surface area (Å²) in [5.41, 5.74) is 6.78. The smallest absolute Gasteiger partial charge is 0.305 e. The molecule has 0 aliphatic carbocycles. The van der Waals surface area contributed by atoms with Gasteiger partial charge in [-0.1, -0.05) is 31.3 Å². The Hall–Kier alpha value is -1.34. The molecule has 0 aromatic heterocycles. The van der Waals surface area contributed by atoms with Crippen molar-refractivity contribution in [3.8, 4) is 0 Å². The highest BCUT2D eigenvalue weighted by Gasteiger charge is 2.49. The number of hydrogen-bond donors (Lipinski definition) is 2. The summed E-state index contributed by atoms with van der Waals surface area (Å²) in [5, 5.41) is 22.5. The number of azide groups is 1. The van der Waals surface area contributed by atoms with E-state index < -0.39 is 30.5 Å². The maximum Gasteiger partial charge on any atom is 0.305 e. The summed E-state index contributed by atoms with van der Waals surface area (Å²) in [6.45, 7) is 1.50. The maximum absolute atomic E-state index is 11.5. The third kappa shape index (κ3) is 4.35. The van der Waals surface area contributed by atoms with E-state index in [2.05, 4.69) is 16.9 Å². The van der Waals surface area contributed by atoms with Gasteiger partial charge in [0.1, 0.15) is 18.8 Å². The van der Waals surface area contributed by atoms with Gasteiger partial charge in [0, 0.05) is 11.3 Å². The standard InChI is InChI=1S/C12H21N3O5/c1-2-3-4-5-6-10(17)19-8-12(14-15-13)11(18)9(16)7-20-12/h9,11,16,18H,2-8H2,1H3/t9-,11+,12-/m1/s1. The van der Waals surface area contributed by atoms with Crippen LogP contribution in [0.1, 0.15) is 39.0 Å². The van der Waals surface area contributed by atoms with E-state index in [0.29, 0.717) is 0 Å². The van der Waals surface area contributed by atoms with E-state index in [1.165, 1.54) is 0 Å². The molecule has 20 heavy (non-hydrogen) atoms. The largest absolute Gasteiger partial charge is 0.462 e. The Balaban J connectivity index is 2.44. The van der Waals surface area contributed by atoms with E-state index in [9.17, 15) is 15.0 Å². The molecular formula is C12H21N3O5. The predicted molar refractivity (Wildman–Crippen MR) is 69.6 cm³/mol. The van der Waals surface area contributed by atoms with Crippen LogP contribution in [0.2, 0.25) is 0 Å². The summed E-state index contributed by atoms with van der Waals surface area (Å²) in [7, 11) is 0. The van der Waals surface area contributed by atoms with Gasteiger partial charge in [0.05, 0.1) is 6.61 Å². The Bertz CT molecular complexity index is 372. The van der Waals surface area contributed by atoms with E-state index in [0.717, 1.165) is 25.7 Å². The number of unbranched alkanes of at least 4 members (excludes halogenated alkanes) is 3. The molecule has 0 amide bonds. The molecular weight excluding hydrogens is 266 g/mol. The second-order valence-corrected chi connectivity index (χ2v) is 4.83. The van der Waals surface area contributed by atoms with Crippen molar-refractivity contribution in [2.45, 2.75) is 57.0 Å². The minimum atomic E-state index is -1.73. The van der Waals surface area contributed by atoms with Gasteiger partial charge < -0.3 is 19.7 Å². The molecule has 0 aromatic rings. The minimum Gasteiger partial charge on any atom is -0.462 e. The van der Waals surface area contributed by atoms with Crippen LogP contribution in [-0.4, -0.2) is 47.3 Å². The van der Waals surface area contributed by atoms with Crippen molar-refractivity contribution in [3.63, 3.8) is 0 Å². The Morgan fingerprint density at radius 3 is 2.80 bits per heavy atom. The number of carbonyl (C=O) groups excluding carboxylic acids is 1. The third-order valence-corrected chi connectivity index (χ3v) is 3.22. The quantitative estimate of drug-likeness (QED) is 0.228. The molecule has 114 valence electrons. The number of aliphatic hydroxyl groups is 2. The van der Waals surface area contributed by atoms with Gasteiger partial charge in [-0.2, -0.15) is 0 Å². The molecule has 1 heterocycles. The van der Waals surface area contributed by atoms with E-state index in [1.807, 2.05) is 0 Å². The van der Waals surface area contributed by atoms with Crippen LogP contribution in [0, 0.1) is 0 Å². The Morgan fingerprint density at radius 1 is 1.50 bits per heavy atom. The van der Waals surface area contributed by atoms with Crippen LogP contribution >= 0.6 is 0 Å². The fourth-order valence-electron chi connectivity index (χ4n) is 1.98. The fraction of sp³-hybridized carbons (Fsp3) is 0.917. The Morgan fingerprint density at radius 2 is 2.25 bits per heavy atom. The zero-order valence-corrected chi connectivity index (χ0v) is 11.6. The summed E-state index contributed by atoms with van der Waals surface area (Å²) in [6, 6.07) is 0. The van der Waals surface area contributed by atoms with Crippen molar-refractivity contribution in [2.24, 2.45) is 5.11 Å². The molecule has 1 aliphatic rings. The molecule has 0 radical (unpaired) electrons. The molecule has 1 rings (SSSR count). The van der Waals surface area contributed by atoms with Crippen molar-refractivity contribution in [1.29, 1.82) is 0 Å². The van der Waals surface area contributed by atoms with Crippen molar-refractivity contribution < 1.29 is 24.5 Å². The number of hydrogen-bond acceptors (Lipinski definition) is 6. The van der Waals surface area contributed by atoms with Crippen LogP contribution in [-0.2, 0) is 14.3 Å². The van der Waals surface area contributed by atoms with E-state index >= 15 is 0 Å². The van der Waals surface area contributed by atoms with Crippen LogP contribution < -0.4 is 0 Å². The zero-order valence-electron chi connectivity index (χ0n) is 11.6. The lowest BCUT2D eigenvalue weighted by atomic mass is 10.1. The monoisotopic (exact) mass is 287 g/mol. The second-order valence-electron chi connectivity index (χ2n) is 4.83. The molecule has 8 heteroatoms. The highest BCUT2D eigenvalue weighted by molar-refractivity contribution is 5.69. The fourth-order valence-corrected chi connectivity index (χ4v) is 1.98. The van der Waals surface area contributed by atoms with Gasteiger partial charge in [0.2, 0.25) is 5.72 Å². The normalized spacial score (nSPS) is 28.9. The van der Waals surface area contributed by atoms with Crippen LogP contribution in [0.4, 0.5) is 0 Å². The van der Waals surface area contributed by atoms with E-state index in [-0.39, 0.29) is 13.0 Å². The molecule has 0 aromatic carbocycles. The summed E-state index contributed by atoms with van der Waals surface area (Å²) in [5.74, 6) is -0.439. The van der Waals surface area contributed by atoms with E-state index in [4.69, 9.17) is 15.0 Å². The molecule has 0 spiro atoms. The molecule has 3 atom stereocenters. The molecule has 1 saturated heterocycles. The highest BCUT2D eigenvalue weighted by Crippen LogP contribution is 2.29. The molecule has 8 nitrogen and oxygen atoms in total. The lowest BCUT2D eigenvalue weighted by Crippen LogP contribution is -2.45. The lowest BCUT2D eigenvalue weighted by Gasteiger charge is -2.25. The van der Waals surface area contributed by atoms with Crippen molar-refractivity contribution >= 4 is 5.97 Å². The van der Waals surface area contributed by atoms with Gasteiger partial charge in [-0.3, -0.25) is 4.79 Å². The number of esters is 1. The lowest BCUT2D eigenvalue weighted by molar-refractivity contribution is -0.158.